The predicted molar refractivity (Wildman–Crippen MR) is 70.0 cm³/mol. The van der Waals surface area contributed by atoms with Crippen molar-refractivity contribution in [2.75, 3.05) is 7.11 Å². The zero-order valence-corrected chi connectivity index (χ0v) is 10.9. The summed E-state index contributed by atoms with van der Waals surface area (Å²) in [6.07, 6.45) is 1.79. The zero-order valence-electron chi connectivity index (χ0n) is 10.9. The van der Waals surface area contributed by atoms with Crippen LogP contribution in [0.1, 0.15) is 25.3 Å². The Morgan fingerprint density at radius 3 is 2.72 bits per heavy atom. The summed E-state index contributed by atoms with van der Waals surface area (Å²) in [5.41, 5.74) is 2.08. The van der Waals surface area contributed by atoms with Gasteiger partial charge in [-0.15, -0.1) is 0 Å². The van der Waals surface area contributed by atoms with E-state index in [0.717, 1.165) is 30.6 Å². The lowest BCUT2D eigenvalue weighted by Crippen LogP contribution is -2.30. The third-order valence-electron chi connectivity index (χ3n) is 3.39. The van der Waals surface area contributed by atoms with Crippen LogP contribution in [0.3, 0.4) is 0 Å². The summed E-state index contributed by atoms with van der Waals surface area (Å²) in [5, 5.41) is 9.79. The van der Waals surface area contributed by atoms with Gasteiger partial charge in [-0.05, 0) is 25.3 Å². The number of rotatable bonds is 4. The second-order valence-corrected chi connectivity index (χ2v) is 4.65. The van der Waals surface area contributed by atoms with Gasteiger partial charge >= 0.3 is 0 Å². The standard InChI is InChI=1S/C15H20O3/c1-11-14(17-2)10-13(18-15(11)16)9-8-12-6-4-3-5-7-12/h3-7,13,15-16H,8-10H2,1-2H3. The second kappa shape index (κ2) is 6.03. The molecule has 1 aromatic rings. The Morgan fingerprint density at radius 1 is 1.33 bits per heavy atom. The quantitative estimate of drug-likeness (QED) is 0.890. The van der Waals surface area contributed by atoms with Crippen LogP contribution in [0, 0.1) is 0 Å². The van der Waals surface area contributed by atoms with Crippen LogP contribution >= 0.6 is 0 Å². The molecule has 1 aromatic carbocycles. The molecular formula is C15H20O3. The highest BCUT2D eigenvalue weighted by Gasteiger charge is 2.26. The van der Waals surface area contributed by atoms with Crippen LogP contribution in [0.25, 0.3) is 0 Å². The van der Waals surface area contributed by atoms with Gasteiger partial charge in [-0.25, -0.2) is 0 Å². The van der Waals surface area contributed by atoms with Gasteiger partial charge < -0.3 is 14.6 Å². The van der Waals surface area contributed by atoms with E-state index >= 15 is 0 Å². The molecule has 0 amide bonds. The molecule has 2 unspecified atom stereocenters. The molecule has 1 N–H and O–H groups in total. The monoisotopic (exact) mass is 248 g/mol. The van der Waals surface area contributed by atoms with Crippen molar-refractivity contribution in [3.8, 4) is 0 Å². The predicted octanol–water partition coefficient (Wildman–Crippen LogP) is 2.65. The van der Waals surface area contributed by atoms with Crippen LogP contribution in [-0.2, 0) is 15.9 Å². The average Bonchev–Trinajstić information content (AvgIpc) is 2.41. The van der Waals surface area contributed by atoms with Crippen molar-refractivity contribution in [2.45, 2.75) is 38.6 Å². The molecule has 1 aliphatic heterocycles. The molecule has 3 nitrogen and oxygen atoms in total. The van der Waals surface area contributed by atoms with Gasteiger partial charge in [0.1, 0.15) is 5.76 Å². The van der Waals surface area contributed by atoms with Crippen molar-refractivity contribution in [3.05, 3.63) is 47.2 Å². The van der Waals surface area contributed by atoms with E-state index in [-0.39, 0.29) is 6.10 Å². The van der Waals surface area contributed by atoms with Gasteiger partial charge in [-0.2, -0.15) is 0 Å². The van der Waals surface area contributed by atoms with Crippen LogP contribution < -0.4 is 0 Å². The van der Waals surface area contributed by atoms with Crippen LogP contribution in [0.4, 0.5) is 0 Å². The molecule has 0 fully saturated rings. The number of aliphatic hydroxyl groups is 1. The minimum atomic E-state index is -0.825. The number of methoxy groups -OCH3 is 1. The minimum Gasteiger partial charge on any atom is -0.501 e. The molecule has 0 aliphatic carbocycles. The Bertz CT molecular complexity index is 411. The first-order valence-electron chi connectivity index (χ1n) is 6.31. The van der Waals surface area contributed by atoms with Crippen LogP contribution in [0.2, 0.25) is 0 Å². The summed E-state index contributed by atoms with van der Waals surface area (Å²) in [7, 11) is 1.64. The van der Waals surface area contributed by atoms with E-state index in [2.05, 4.69) is 12.1 Å². The fourth-order valence-corrected chi connectivity index (χ4v) is 2.22. The van der Waals surface area contributed by atoms with Gasteiger partial charge in [0.2, 0.25) is 0 Å². The summed E-state index contributed by atoms with van der Waals surface area (Å²) in [4.78, 5) is 0. The lowest BCUT2D eigenvalue weighted by atomic mass is 10.0. The summed E-state index contributed by atoms with van der Waals surface area (Å²) < 4.78 is 10.9. The molecule has 18 heavy (non-hydrogen) atoms. The van der Waals surface area contributed by atoms with E-state index in [9.17, 15) is 5.11 Å². The molecular weight excluding hydrogens is 228 g/mol. The molecule has 0 saturated heterocycles. The lowest BCUT2D eigenvalue weighted by molar-refractivity contribution is -0.129. The van der Waals surface area contributed by atoms with E-state index in [4.69, 9.17) is 9.47 Å². The van der Waals surface area contributed by atoms with E-state index in [1.807, 2.05) is 25.1 Å². The van der Waals surface area contributed by atoms with Crippen molar-refractivity contribution < 1.29 is 14.6 Å². The second-order valence-electron chi connectivity index (χ2n) is 4.65. The largest absolute Gasteiger partial charge is 0.501 e. The molecule has 1 heterocycles. The van der Waals surface area contributed by atoms with Gasteiger partial charge in [-0.1, -0.05) is 30.3 Å². The minimum absolute atomic E-state index is 0.0267. The number of benzene rings is 1. The first kappa shape index (κ1) is 13.1. The highest BCUT2D eigenvalue weighted by atomic mass is 16.6. The molecule has 3 heteroatoms. The van der Waals surface area contributed by atoms with Crippen LogP contribution in [-0.4, -0.2) is 24.6 Å². The normalized spacial score (nSPS) is 24.2. The SMILES string of the molecule is COC1=C(C)C(O)OC(CCc2ccccc2)C1. The maximum absolute atomic E-state index is 9.79. The molecule has 0 bridgehead atoms. The van der Waals surface area contributed by atoms with Crippen LogP contribution in [0.15, 0.2) is 41.7 Å². The Hall–Kier alpha value is -1.32. The Labute approximate surface area is 108 Å². The van der Waals surface area contributed by atoms with Gasteiger partial charge in [-0.3, -0.25) is 0 Å². The lowest BCUT2D eigenvalue weighted by Gasteiger charge is -2.29. The summed E-state index contributed by atoms with van der Waals surface area (Å²) in [6, 6.07) is 10.3. The molecule has 2 rings (SSSR count). The molecule has 0 saturated carbocycles. The maximum Gasteiger partial charge on any atom is 0.180 e. The highest BCUT2D eigenvalue weighted by Crippen LogP contribution is 2.27. The van der Waals surface area contributed by atoms with Gasteiger partial charge in [0.15, 0.2) is 6.29 Å². The van der Waals surface area contributed by atoms with Gasteiger partial charge in [0, 0.05) is 12.0 Å². The third kappa shape index (κ3) is 3.12. The molecule has 2 atom stereocenters. The first-order chi connectivity index (χ1) is 8.70. The number of ether oxygens (including phenoxy) is 2. The number of aliphatic hydroxyl groups excluding tert-OH is 1. The van der Waals surface area contributed by atoms with E-state index < -0.39 is 6.29 Å². The van der Waals surface area contributed by atoms with E-state index in [1.54, 1.807) is 7.11 Å². The molecule has 0 radical (unpaired) electrons. The number of aryl methyl sites for hydroxylation is 1. The molecule has 1 aliphatic rings. The first-order valence-corrected chi connectivity index (χ1v) is 6.31. The van der Waals surface area contributed by atoms with Crippen molar-refractivity contribution in [3.63, 3.8) is 0 Å². The third-order valence-corrected chi connectivity index (χ3v) is 3.39. The van der Waals surface area contributed by atoms with E-state index in [1.165, 1.54) is 5.56 Å². The number of hydrogen-bond acceptors (Lipinski definition) is 3. The maximum atomic E-state index is 9.79. The number of hydrogen-bond donors (Lipinski definition) is 1. The highest BCUT2D eigenvalue weighted by molar-refractivity contribution is 5.16. The Morgan fingerprint density at radius 2 is 2.06 bits per heavy atom. The van der Waals surface area contributed by atoms with E-state index in [0.29, 0.717) is 0 Å². The van der Waals surface area contributed by atoms with Crippen molar-refractivity contribution >= 4 is 0 Å². The Balaban J connectivity index is 1.92. The molecule has 0 aromatic heterocycles. The zero-order chi connectivity index (χ0) is 13.0. The summed E-state index contributed by atoms with van der Waals surface area (Å²) >= 11 is 0. The molecule has 0 spiro atoms. The van der Waals surface area contributed by atoms with Crippen LogP contribution in [0.5, 0.6) is 0 Å². The van der Waals surface area contributed by atoms with Crippen molar-refractivity contribution in [2.24, 2.45) is 0 Å². The fraction of sp³-hybridized carbons (Fsp3) is 0.467. The van der Waals surface area contributed by atoms with Gasteiger partial charge in [0.25, 0.3) is 0 Å². The average molecular weight is 248 g/mol. The fourth-order valence-electron chi connectivity index (χ4n) is 2.22. The summed E-state index contributed by atoms with van der Waals surface area (Å²) in [5.74, 6) is 0.854. The summed E-state index contributed by atoms with van der Waals surface area (Å²) in [6.45, 7) is 1.84. The Kier molecular flexibility index (Phi) is 4.39. The van der Waals surface area contributed by atoms with Gasteiger partial charge in [0.05, 0.1) is 13.2 Å². The van der Waals surface area contributed by atoms with Crippen molar-refractivity contribution in [1.82, 2.24) is 0 Å². The topological polar surface area (TPSA) is 38.7 Å². The molecule has 98 valence electrons. The smallest absolute Gasteiger partial charge is 0.180 e. The van der Waals surface area contributed by atoms with Crippen molar-refractivity contribution in [1.29, 1.82) is 0 Å².